The molecule has 0 spiro atoms. The number of rotatable bonds is 6. The molecule has 1 aliphatic heterocycles. The van der Waals surface area contributed by atoms with E-state index >= 15 is 0 Å². The highest BCUT2D eigenvalue weighted by Crippen LogP contribution is 2.36. The van der Waals surface area contributed by atoms with Crippen LogP contribution in [0.15, 0.2) is 24.3 Å². The molecule has 2 fully saturated rings. The van der Waals surface area contributed by atoms with Crippen molar-refractivity contribution in [3.8, 4) is 5.75 Å². The molecule has 0 aromatic heterocycles. The van der Waals surface area contributed by atoms with Gasteiger partial charge >= 0.3 is 0 Å². The first-order valence-corrected chi connectivity index (χ1v) is 8.46. The molecular formula is C18H27ClN2O3. The minimum Gasteiger partial charge on any atom is -0.494 e. The van der Waals surface area contributed by atoms with Crippen LogP contribution in [0.25, 0.3) is 0 Å². The standard InChI is InChI=1S/C18H26N2O3.ClH/c1-2-23-15-5-3-14(4-6-15)17(9-11-22-12-10-17)13-20-16(21)18(19)7-8-18;/h3-6H,2,7-13,19H2,1H3,(H,20,21);1H. The summed E-state index contributed by atoms with van der Waals surface area (Å²) >= 11 is 0. The average Bonchev–Trinajstić information content (AvgIpc) is 3.33. The predicted molar refractivity (Wildman–Crippen MR) is 95.8 cm³/mol. The smallest absolute Gasteiger partial charge is 0.240 e. The van der Waals surface area contributed by atoms with E-state index in [9.17, 15) is 4.79 Å². The van der Waals surface area contributed by atoms with Crippen molar-refractivity contribution < 1.29 is 14.3 Å². The van der Waals surface area contributed by atoms with Gasteiger partial charge in [-0.2, -0.15) is 0 Å². The van der Waals surface area contributed by atoms with Crippen LogP contribution in [0.1, 0.15) is 38.2 Å². The molecule has 1 saturated heterocycles. The van der Waals surface area contributed by atoms with Gasteiger partial charge in [-0.05, 0) is 50.3 Å². The van der Waals surface area contributed by atoms with Gasteiger partial charge in [-0.3, -0.25) is 4.79 Å². The maximum absolute atomic E-state index is 12.2. The second-order valence-corrected chi connectivity index (χ2v) is 6.69. The Kier molecular flexibility index (Phi) is 6.12. The van der Waals surface area contributed by atoms with Gasteiger partial charge in [0.1, 0.15) is 5.75 Å². The summed E-state index contributed by atoms with van der Waals surface area (Å²) in [6.07, 6.45) is 3.38. The first-order valence-electron chi connectivity index (χ1n) is 8.46. The summed E-state index contributed by atoms with van der Waals surface area (Å²) in [6.45, 7) is 4.69. The van der Waals surface area contributed by atoms with E-state index in [4.69, 9.17) is 15.2 Å². The van der Waals surface area contributed by atoms with Crippen molar-refractivity contribution in [3.63, 3.8) is 0 Å². The third kappa shape index (κ3) is 4.02. The average molecular weight is 355 g/mol. The SMILES string of the molecule is CCOc1ccc(C2(CNC(=O)C3(N)CC3)CCOCC2)cc1.Cl. The molecular weight excluding hydrogens is 328 g/mol. The van der Waals surface area contributed by atoms with Gasteiger partial charge in [-0.25, -0.2) is 0 Å². The van der Waals surface area contributed by atoms with Gasteiger partial charge < -0.3 is 20.5 Å². The van der Waals surface area contributed by atoms with Crippen molar-refractivity contribution in [2.24, 2.45) is 5.73 Å². The monoisotopic (exact) mass is 354 g/mol. The molecule has 0 atom stereocenters. The number of nitrogens with one attached hydrogen (secondary N) is 1. The number of amides is 1. The lowest BCUT2D eigenvalue weighted by atomic mass is 9.74. The molecule has 1 aromatic carbocycles. The van der Waals surface area contributed by atoms with Crippen LogP contribution >= 0.6 is 12.4 Å². The van der Waals surface area contributed by atoms with E-state index in [0.717, 1.165) is 44.6 Å². The number of carbonyl (C=O) groups is 1. The summed E-state index contributed by atoms with van der Waals surface area (Å²) in [5, 5.41) is 3.08. The summed E-state index contributed by atoms with van der Waals surface area (Å²) in [7, 11) is 0. The van der Waals surface area contributed by atoms with Crippen molar-refractivity contribution in [1.82, 2.24) is 5.32 Å². The Morgan fingerprint density at radius 3 is 2.38 bits per heavy atom. The summed E-state index contributed by atoms with van der Waals surface area (Å²) in [5.41, 5.74) is 6.52. The van der Waals surface area contributed by atoms with Gasteiger partial charge in [-0.15, -0.1) is 12.4 Å². The van der Waals surface area contributed by atoms with Crippen molar-refractivity contribution in [1.29, 1.82) is 0 Å². The Morgan fingerprint density at radius 1 is 1.21 bits per heavy atom. The van der Waals surface area contributed by atoms with Crippen LogP contribution in [0.3, 0.4) is 0 Å². The van der Waals surface area contributed by atoms with E-state index < -0.39 is 5.54 Å². The van der Waals surface area contributed by atoms with E-state index in [0.29, 0.717) is 13.2 Å². The normalized spacial score (nSPS) is 20.6. The lowest BCUT2D eigenvalue weighted by Crippen LogP contribution is -2.50. The Balaban J connectivity index is 0.00000208. The number of hydrogen-bond donors (Lipinski definition) is 2. The minimum absolute atomic E-state index is 0. The highest BCUT2D eigenvalue weighted by molar-refractivity contribution is 5.89. The fourth-order valence-corrected chi connectivity index (χ4v) is 3.19. The van der Waals surface area contributed by atoms with Gasteiger partial charge in [-0.1, -0.05) is 12.1 Å². The number of ether oxygens (including phenoxy) is 2. The number of nitrogens with two attached hydrogens (primary N) is 1. The lowest BCUT2D eigenvalue weighted by molar-refractivity contribution is -0.123. The molecule has 1 amide bonds. The van der Waals surface area contributed by atoms with E-state index in [1.54, 1.807) is 0 Å². The molecule has 134 valence electrons. The fourth-order valence-electron chi connectivity index (χ4n) is 3.19. The molecule has 6 heteroatoms. The number of halogens is 1. The molecule has 2 aliphatic rings. The van der Waals surface area contributed by atoms with Crippen LogP contribution in [0.2, 0.25) is 0 Å². The Labute approximate surface area is 149 Å². The largest absolute Gasteiger partial charge is 0.494 e. The molecule has 5 nitrogen and oxygen atoms in total. The molecule has 3 rings (SSSR count). The third-order valence-electron chi connectivity index (χ3n) is 5.06. The minimum atomic E-state index is -0.620. The zero-order valence-electron chi connectivity index (χ0n) is 14.2. The Bertz CT molecular complexity index is 552. The topological polar surface area (TPSA) is 73.6 Å². The third-order valence-corrected chi connectivity index (χ3v) is 5.06. The van der Waals surface area contributed by atoms with Crippen molar-refractivity contribution >= 4 is 18.3 Å². The summed E-state index contributed by atoms with van der Waals surface area (Å²) in [6, 6.07) is 8.22. The summed E-state index contributed by atoms with van der Waals surface area (Å²) < 4.78 is 11.1. The van der Waals surface area contributed by atoms with Crippen LogP contribution in [-0.2, 0) is 14.9 Å². The summed E-state index contributed by atoms with van der Waals surface area (Å²) in [5.74, 6) is 0.857. The maximum Gasteiger partial charge on any atom is 0.240 e. The Morgan fingerprint density at radius 2 is 1.83 bits per heavy atom. The zero-order chi connectivity index (χ0) is 16.3. The molecule has 0 bridgehead atoms. The van der Waals surface area contributed by atoms with Crippen molar-refractivity contribution in [2.45, 2.75) is 43.6 Å². The van der Waals surface area contributed by atoms with Crippen LogP contribution < -0.4 is 15.8 Å². The quantitative estimate of drug-likeness (QED) is 0.821. The number of benzene rings is 1. The predicted octanol–water partition coefficient (Wildman–Crippen LogP) is 2.16. The molecule has 1 saturated carbocycles. The molecule has 0 radical (unpaired) electrons. The van der Waals surface area contributed by atoms with Gasteiger partial charge in [0.2, 0.25) is 5.91 Å². The fraction of sp³-hybridized carbons (Fsp3) is 0.611. The molecule has 1 aliphatic carbocycles. The number of hydrogen-bond acceptors (Lipinski definition) is 4. The first-order chi connectivity index (χ1) is 11.1. The second kappa shape index (κ2) is 7.72. The van der Waals surface area contributed by atoms with E-state index in [2.05, 4.69) is 17.4 Å². The first kappa shape index (κ1) is 19.0. The molecule has 3 N–H and O–H groups in total. The van der Waals surface area contributed by atoms with Crippen LogP contribution in [-0.4, -0.2) is 37.8 Å². The highest BCUT2D eigenvalue weighted by Gasteiger charge is 2.46. The number of carbonyl (C=O) groups excluding carboxylic acids is 1. The van der Waals surface area contributed by atoms with Gasteiger partial charge in [0.05, 0.1) is 12.1 Å². The van der Waals surface area contributed by atoms with Gasteiger partial charge in [0, 0.05) is 25.2 Å². The maximum atomic E-state index is 12.2. The van der Waals surface area contributed by atoms with E-state index in [1.807, 2.05) is 19.1 Å². The van der Waals surface area contributed by atoms with E-state index in [-0.39, 0.29) is 23.7 Å². The van der Waals surface area contributed by atoms with Gasteiger partial charge in [0.25, 0.3) is 0 Å². The van der Waals surface area contributed by atoms with Crippen LogP contribution in [0, 0.1) is 0 Å². The molecule has 24 heavy (non-hydrogen) atoms. The molecule has 1 aromatic rings. The second-order valence-electron chi connectivity index (χ2n) is 6.69. The van der Waals surface area contributed by atoms with Crippen LogP contribution in [0.5, 0.6) is 5.75 Å². The Hall–Kier alpha value is -1.30. The highest BCUT2D eigenvalue weighted by atomic mass is 35.5. The van der Waals surface area contributed by atoms with Crippen LogP contribution in [0.4, 0.5) is 0 Å². The van der Waals surface area contributed by atoms with Gasteiger partial charge in [0.15, 0.2) is 0 Å². The van der Waals surface area contributed by atoms with E-state index in [1.165, 1.54) is 5.56 Å². The van der Waals surface area contributed by atoms with Crippen molar-refractivity contribution in [3.05, 3.63) is 29.8 Å². The molecule has 0 unspecified atom stereocenters. The lowest BCUT2D eigenvalue weighted by Gasteiger charge is -2.38. The summed E-state index contributed by atoms with van der Waals surface area (Å²) in [4.78, 5) is 12.2. The molecule has 1 heterocycles. The zero-order valence-corrected chi connectivity index (χ0v) is 15.0. The van der Waals surface area contributed by atoms with Crippen molar-refractivity contribution in [2.75, 3.05) is 26.4 Å².